The van der Waals surface area contributed by atoms with E-state index in [1.54, 1.807) is 13.0 Å². The Bertz CT molecular complexity index is 1450. The molecule has 0 spiro atoms. The molecule has 10 heteroatoms. The second-order valence-electron chi connectivity index (χ2n) is 10.9. The molecule has 0 aromatic heterocycles. The zero-order chi connectivity index (χ0) is 30.2. The van der Waals surface area contributed by atoms with Crippen molar-refractivity contribution in [2.24, 2.45) is 0 Å². The molecule has 3 aromatic carbocycles. The van der Waals surface area contributed by atoms with E-state index in [9.17, 15) is 22.4 Å². The molecule has 0 N–H and O–H groups in total. The SMILES string of the molecule is COc1cc(F)c(C(C)C)cc1-c1ccc(C(F)(F)F)cc1CN1C(=O)O[C@H](c2cccc(C3OCCCO3)c2)[C@@H]1C. The molecule has 1 amide bonds. The number of rotatable bonds is 7. The van der Waals surface area contributed by atoms with E-state index in [1.807, 2.05) is 38.1 Å². The number of cyclic esters (lactones) is 1. The first kappa shape index (κ1) is 29.8. The van der Waals surface area contributed by atoms with E-state index in [1.165, 1.54) is 24.1 Å². The van der Waals surface area contributed by atoms with Gasteiger partial charge in [-0.2, -0.15) is 13.2 Å². The Labute approximate surface area is 242 Å². The number of halogens is 4. The molecular weight excluding hydrogens is 554 g/mol. The first-order valence-corrected chi connectivity index (χ1v) is 13.9. The molecule has 224 valence electrons. The van der Waals surface area contributed by atoms with E-state index in [2.05, 4.69) is 0 Å². The summed E-state index contributed by atoms with van der Waals surface area (Å²) in [6.45, 7) is 6.43. The van der Waals surface area contributed by atoms with Gasteiger partial charge in [0.05, 0.1) is 38.5 Å². The van der Waals surface area contributed by atoms with Crippen LogP contribution in [0.15, 0.2) is 54.6 Å². The summed E-state index contributed by atoms with van der Waals surface area (Å²) >= 11 is 0. The van der Waals surface area contributed by atoms with Crippen LogP contribution in [-0.2, 0) is 26.9 Å². The maximum atomic E-state index is 14.8. The lowest BCUT2D eigenvalue weighted by Crippen LogP contribution is -2.31. The Balaban J connectivity index is 1.51. The molecule has 0 bridgehead atoms. The molecular formula is C32H33F4NO5. The van der Waals surface area contributed by atoms with Gasteiger partial charge in [0.1, 0.15) is 17.7 Å². The van der Waals surface area contributed by atoms with E-state index in [0.29, 0.717) is 29.9 Å². The number of carbonyl (C=O) groups excluding carboxylic acids is 1. The van der Waals surface area contributed by atoms with Gasteiger partial charge < -0.3 is 18.9 Å². The van der Waals surface area contributed by atoms with E-state index in [-0.39, 0.29) is 23.8 Å². The Morgan fingerprint density at radius 2 is 1.71 bits per heavy atom. The Hall–Kier alpha value is -3.63. The lowest BCUT2D eigenvalue weighted by molar-refractivity contribution is -0.183. The van der Waals surface area contributed by atoms with Crippen LogP contribution in [0.25, 0.3) is 11.1 Å². The van der Waals surface area contributed by atoms with Gasteiger partial charge in [0.2, 0.25) is 0 Å². The number of methoxy groups -OCH3 is 1. The van der Waals surface area contributed by atoms with Crippen molar-refractivity contribution in [1.82, 2.24) is 4.90 Å². The summed E-state index contributed by atoms with van der Waals surface area (Å²) in [6.07, 6.45) is -5.63. The largest absolute Gasteiger partial charge is 0.496 e. The predicted octanol–water partition coefficient (Wildman–Crippen LogP) is 8.16. The third-order valence-corrected chi connectivity index (χ3v) is 7.73. The highest BCUT2D eigenvalue weighted by atomic mass is 19.4. The van der Waals surface area contributed by atoms with Crippen LogP contribution in [0.1, 0.15) is 73.3 Å². The summed E-state index contributed by atoms with van der Waals surface area (Å²) in [7, 11) is 1.37. The highest BCUT2D eigenvalue weighted by Crippen LogP contribution is 2.41. The molecule has 0 saturated carbocycles. The number of ether oxygens (including phenoxy) is 4. The van der Waals surface area contributed by atoms with Crippen LogP contribution in [0.4, 0.5) is 22.4 Å². The van der Waals surface area contributed by atoms with Gasteiger partial charge in [-0.05, 0) is 65.8 Å². The minimum Gasteiger partial charge on any atom is -0.496 e. The number of hydrogen-bond donors (Lipinski definition) is 0. The van der Waals surface area contributed by atoms with Crippen LogP contribution < -0.4 is 4.74 Å². The Morgan fingerprint density at radius 3 is 2.38 bits per heavy atom. The molecule has 0 aliphatic carbocycles. The smallest absolute Gasteiger partial charge is 0.416 e. The van der Waals surface area contributed by atoms with Crippen molar-refractivity contribution >= 4 is 6.09 Å². The fraction of sp³-hybridized carbons (Fsp3) is 0.406. The number of nitrogens with zero attached hydrogens (tertiary/aromatic N) is 1. The van der Waals surface area contributed by atoms with Crippen molar-refractivity contribution in [3.8, 4) is 16.9 Å². The van der Waals surface area contributed by atoms with Crippen LogP contribution >= 0.6 is 0 Å². The first-order valence-electron chi connectivity index (χ1n) is 13.9. The van der Waals surface area contributed by atoms with Crippen LogP contribution in [-0.4, -0.2) is 37.4 Å². The monoisotopic (exact) mass is 587 g/mol. The molecule has 2 fully saturated rings. The van der Waals surface area contributed by atoms with Gasteiger partial charge in [0.25, 0.3) is 0 Å². The topological polar surface area (TPSA) is 57.2 Å². The molecule has 42 heavy (non-hydrogen) atoms. The number of carbonyl (C=O) groups is 1. The first-order chi connectivity index (χ1) is 20.0. The quantitative estimate of drug-likeness (QED) is 0.261. The number of amides is 1. The van der Waals surface area contributed by atoms with Crippen LogP contribution in [0.5, 0.6) is 5.75 Å². The zero-order valence-corrected chi connectivity index (χ0v) is 23.8. The summed E-state index contributed by atoms with van der Waals surface area (Å²) < 4.78 is 78.8. The van der Waals surface area contributed by atoms with Crippen LogP contribution in [0.2, 0.25) is 0 Å². The van der Waals surface area contributed by atoms with Gasteiger partial charge in [-0.3, -0.25) is 4.90 Å². The fourth-order valence-corrected chi connectivity index (χ4v) is 5.46. The van der Waals surface area contributed by atoms with Crippen molar-refractivity contribution in [2.45, 2.75) is 64.3 Å². The molecule has 2 atom stereocenters. The fourth-order valence-electron chi connectivity index (χ4n) is 5.46. The molecule has 0 unspecified atom stereocenters. The average Bonchev–Trinajstić information content (AvgIpc) is 3.25. The third-order valence-electron chi connectivity index (χ3n) is 7.73. The van der Waals surface area contributed by atoms with Gasteiger partial charge in [-0.15, -0.1) is 0 Å². The maximum absolute atomic E-state index is 14.8. The van der Waals surface area contributed by atoms with Crippen molar-refractivity contribution in [3.05, 3.63) is 88.2 Å². The molecule has 2 saturated heterocycles. The van der Waals surface area contributed by atoms with Crippen molar-refractivity contribution in [3.63, 3.8) is 0 Å². The average molecular weight is 588 g/mol. The number of hydrogen-bond acceptors (Lipinski definition) is 5. The van der Waals surface area contributed by atoms with Gasteiger partial charge >= 0.3 is 12.3 Å². The van der Waals surface area contributed by atoms with Crippen molar-refractivity contribution in [1.29, 1.82) is 0 Å². The van der Waals surface area contributed by atoms with E-state index >= 15 is 0 Å². The van der Waals surface area contributed by atoms with Crippen LogP contribution in [0, 0.1) is 5.82 Å². The Morgan fingerprint density at radius 1 is 1.00 bits per heavy atom. The summed E-state index contributed by atoms with van der Waals surface area (Å²) in [5.74, 6) is -0.469. The lowest BCUT2D eigenvalue weighted by Gasteiger charge is -2.25. The van der Waals surface area contributed by atoms with Gasteiger partial charge in [-0.1, -0.05) is 38.1 Å². The maximum Gasteiger partial charge on any atom is 0.416 e. The second kappa shape index (κ2) is 11.9. The third kappa shape index (κ3) is 5.96. The molecule has 2 heterocycles. The highest BCUT2D eigenvalue weighted by Gasteiger charge is 2.41. The van der Waals surface area contributed by atoms with Gasteiger partial charge in [-0.25, -0.2) is 9.18 Å². The normalized spacial score (nSPS) is 19.8. The van der Waals surface area contributed by atoms with Gasteiger partial charge in [0.15, 0.2) is 6.29 Å². The van der Waals surface area contributed by atoms with E-state index < -0.39 is 42.1 Å². The molecule has 0 radical (unpaired) electrons. The van der Waals surface area contributed by atoms with Gasteiger partial charge in [0, 0.05) is 17.2 Å². The predicted molar refractivity (Wildman–Crippen MR) is 147 cm³/mol. The molecule has 3 aromatic rings. The summed E-state index contributed by atoms with van der Waals surface area (Å²) in [6, 6.07) is 13.1. The molecule has 2 aliphatic rings. The number of alkyl halides is 3. The summed E-state index contributed by atoms with van der Waals surface area (Å²) in [5.41, 5.74) is 2.12. The summed E-state index contributed by atoms with van der Waals surface area (Å²) in [4.78, 5) is 14.6. The standard InChI is InChI=1S/C32H33F4NO5/c1-18(2)25-15-26(28(39-4)16-27(25)33)24-10-9-23(32(34,35)36)14-22(24)17-37-19(3)29(42-31(37)38)20-7-5-8-21(13-20)30-40-11-6-12-41-30/h5,7-10,13-16,18-19,29-30H,6,11-12,17H2,1-4H3/t19-,29-/m0/s1. The molecule has 5 rings (SSSR count). The minimum absolute atomic E-state index is 0.165. The highest BCUT2D eigenvalue weighted by molar-refractivity contribution is 5.76. The lowest BCUT2D eigenvalue weighted by atomic mass is 9.92. The van der Waals surface area contributed by atoms with E-state index in [0.717, 1.165) is 29.7 Å². The molecule has 6 nitrogen and oxygen atoms in total. The minimum atomic E-state index is -4.60. The van der Waals surface area contributed by atoms with E-state index in [4.69, 9.17) is 18.9 Å². The van der Waals surface area contributed by atoms with Crippen LogP contribution in [0.3, 0.4) is 0 Å². The summed E-state index contributed by atoms with van der Waals surface area (Å²) in [5, 5.41) is 0. The zero-order valence-electron chi connectivity index (χ0n) is 23.8. The Kier molecular flexibility index (Phi) is 8.48. The molecule has 2 aliphatic heterocycles. The second-order valence-corrected chi connectivity index (χ2v) is 10.9. The van der Waals surface area contributed by atoms with Crippen molar-refractivity contribution < 1.29 is 41.3 Å². The number of benzene rings is 3. The van der Waals surface area contributed by atoms with Crippen molar-refractivity contribution in [2.75, 3.05) is 20.3 Å².